The average Bonchev–Trinajstić information content (AvgIpc) is 2.95. The Labute approximate surface area is 115 Å². The number of aromatic nitrogens is 2. The van der Waals surface area contributed by atoms with Crippen LogP contribution in [0, 0.1) is 0 Å². The van der Waals surface area contributed by atoms with Crippen molar-refractivity contribution >= 4 is 11.8 Å². The van der Waals surface area contributed by atoms with E-state index in [4.69, 9.17) is 4.74 Å². The van der Waals surface area contributed by atoms with Gasteiger partial charge in [-0.3, -0.25) is 0 Å². The Hall–Kier alpha value is -1.36. The molecule has 1 fully saturated rings. The highest BCUT2D eigenvalue weighted by atomic mass is 16.5. The largest absolute Gasteiger partial charge is 0.376 e. The van der Waals surface area contributed by atoms with Gasteiger partial charge < -0.3 is 15.4 Å². The number of hydrogen-bond donors (Lipinski definition) is 2. The third-order valence-electron chi connectivity index (χ3n) is 3.25. The van der Waals surface area contributed by atoms with Crippen molar-refractivity contribution < 1.29 is 4.74 Å². The van der Waals surface area contributed by atoms with E-state index in [0.29, 0.717) is 12.1 Å². The molecule has 2 rings (SSSR count). The highest BCUT2D eigenvalue weighted by molar-refractivity contribution is 5.39. The van der Waals surface area contributed by atoms with Gasteiger partial charge in [-0.05, 0) is 25.3 Å². The number of hydrogen-bond acceptors (Lipinski definition) is 5. The molecule has 19 heavy (non-hydrogen) atoms. The highest BCUT2D eigenvalue weighted by Crippen LogP contribution is 2.13. The van der Waals surface area contributed by atoms with Crippen molar-refractivity contribution in [1.29, 1.82) is 0 Å². The first-order valence-electron chi connectivity index (χ1n) is 7.31. The number of rotatable bonds is 8. The lowest BCUT2D eigenvalue weighted by Crippen LogP contribution is -2.19. The van der Waals surface area contributed by atoms with E-state index < -0.39 is 0 Å². The zero-order valence-electron chi connectivity index (χ0n) is 11.7. The molecule has 1 aliphatic heterocycles. The minimum atomic E-state index is 0.330. The number of unbranched alkanes of at least 4 members (excludes halogenated alkanes) is 2. The predicted octanol–water partition coefficient (Wildman–Crippen LogP) is 2.67. The van der Waals surface area contributed by atoms with Crippen LogP contribution in [0.5, 0.6) is 0 Å². The summed E-state index contributed by atoms with van der Waals surface area (Å²) in [6, 6.07) is 1.90. The summed E-state index contributed by atoms with van der Waals surface area (Å²) in [4.78, 5) is 8.67. The van der Waals surface area contributed by atoms with Crippen LogP contribution < -0.4 is 10.6 Å². The maximum absolute atomic E-state index is 5.58. The van der Waals surface area contributed by atoms with E-state index in [1.165, 1.54) is 19.3 Å². The Bertz CT molecular complexity index is 366. The van der Waals surface area contributed by atoms with Crippen molar-refractivity contribution in [3.8, 4) is 0 Å². The lowest BCUT2D eigenvalue weighted by molar-refractivity contribution is 0.120. The quantitative estimate of drug-likeness (QED) is 0.707. The van der Waals surface area contributed by atoms with Crippen LogP contribution in [0.2, 0.25) is 0 Å². The molecule has 1 unspecified atom stereocenters. The fourth-order valence-corrected chi connectivity index (χ4v) is 2.14. The van der Waals surface area contributed by atoms with Crippen LogP contribution in [0.3, 0.4) is 0 Å². The maximum atomic E-state index is 5.58. The molecule has 0 saturated carbocycles. The Morgan fingerprint density at radius 1 is 1.37 bits per heavy atom. The molecule has 0 radical (unpaired) electrons. The van der Waals surface area contributed by atoms with Crippen LogP contribution in [0.25, 0.3) is 0 Å². The molecule has 1 aromatic rings. The van der Waals surface area contributed by atoms with Crippen molar-refractivity contribution in [2.24, 2.45) is 0 Å². The first-order valence-corrected chi connectivity index (χ1v) is 7.31. The summed E-state index contributed by atoms with van der Waals surface area (Å²) in [5, 5.41) is 6.57. The van der Waals surface area contributed by atoms with Gasteiger partial charge in [0.15, 0.2) is 0 Å². The molecule has 106 valence electrons. The number of ether oxygens (including phenoxy) is 1. The normalized spacial score (nSPS) is 18.5. The number of nitrogens with zero attached hydrogens (tertiary/aromatic N) is 2. The molecule has 2 heterocycles. The Morgan fingerprint density at radius 2 is 2.32 bits per heavy atom. The van der Waals surface area contributed by atoms with E-state index in [-0.39, 0.29) is 0 Å². The second kappa shape index (κ2) is 7.94. The summed E-state index contributed by atoms with van der Waals surface area (Å²) >= 11 is 0. The van der Waals surface area contributed by atoms with Gasteiger partial charge in [-0.25, -0.2) is 4.98 Å². The van der Waals surface area contributed by atoms with Crippen molar-refractivity contribution in [3.05, 3.63) is 12.3 Å². The van der Waals surface area contributed by atoms with E-state index in [1.54, 1.807) is 6.20 Å². The second-order valence-electron chi connectivity index (χ2n) is 4.92. The van der Waals surface area contributed by atoms with Crippen molar-refractivity contribution in [1.82, 2.24) is 9.97 Å². The summed E-state index contributed by atoms with van der Waals surface area (Å²) in [5.74, 6) is 1.57. The first-order chi connectivity index (χ1) is 9.38. The lowest BCUT2D eigenvalue weighted by atomic mass is 10.2. The molecule has 5 nitrogen and oxygen atoms in total. The molecular formula is C14H24N4O. The van der Waals surface area contributed by atoms with Crippen molar-refractivity contribution in [3.63, 3.8) is 0 Å². The lowest BCUT2D eigenvalue weighted by Gasteiger charge is -2.12. The van der Waals surface area contributed by atoms with Gasteiger partial charge in [0, 0.05) is 25.9 Å². The Kier molecular flexibility index (Phi) is 5.88. The van der Waals surface area contributed by atoms with Gasteiger partial charge in [-0.15, -0.1) is 0 Å². The molecule has 0 amide bonds. The van der Waals surface area contributed by atoms with Crippen LogP contribution in [-0.4, -0.2) is 35.8 Å². The van der Waals surface area contributed by atoms with Crippen molar-refractivity contribution in [2.75, 3.05) is 30.3 Å². The smallest absolute Gasteiger partial charge is 0.224 e. The van der Waals surface area contributed by atoms with E-state index in [9.17, 15) is 0 Å². The van der Waals surface area contributed by atoms with Crippen LogP contribution in [-0.2, 0) is 4.74 Å². The van der Waals surface area contributed by atoms with Gasteiger partial charge >= 0.3 is 0 Å². The fraction of sp³-hybridized carbons (Fsp3) is 0.714. The molecule has 1 aromatic heterocycles. The van der Waals surface area contributed by atoms with Gasteiger partial charge in [0.25, 0.3) is 0 Å². The first kappa shape index (κ1) is 14.1. The molecule has 2 N–H and O–H groups in total. The van der Waals surface area contributed by atoms with Gasteiger partial charge in [0.2, 0.25) is 5.95 Å². The third-order valence-corrected chi connectivity index (χ3v) is 3.25. The number of anilines is 2. The predicted molar refractivity (Wildman–Crippen MR) is 77.5 cm³/mol. The highest BCUT2D eigenvalue weighted by Gasteiger charge is 2.14. The Balaban J connectivity index is 1.74. The van der Waals surface area contributed by atoms with E-state index in [0.717, 1.165) is 38.4 Å². The van der Waals surface area contributed by atoms with Gasteiger partial charge in [0.1, 0.15) is 5.82 Å². The summed E-state index contributed by atoms with van der Waals surface area (Å²) in [6.07, 6.45) is 8.05. The summed E-state index contributed by atoms with van der Waals surface area (Å²) in [7, 11) is 0. The summed E-state index contributed by atoms with van der Waals surface area (Å²) in [6.45, 7) is 4.85. The third kappa shape index (κ3) is 5.03. The minimum Gasteiger partial charge on any atom is -0.376 e. The van der Waals surface area contributed by atoms with E-state index in [2.05, 4.69) is 27.5 Å². The van der Waals surface area contributed by atoms with Gasteiger partial charge in [-0.1, -0.05) is 19.8 Å². The topological polar surface area (TPSA) is 59.1 Å². The zero-order chi connectivity index (χ0) is 13.3. The maximum Gasteiger partial charge on any atom is 0.224 e. The van der Waals surface area contributed by atoms with Crippen LogP contribution >= 0.6 is 0 Å². The Morgan fingerprint density at radius 3 is 3.11 bits per heavy atom. The van der Waals surface area contributed by atoms with E-state index in [1.807, 2.05) is 6.07 Å². The van der Waals surface area contributed by atoms with E-state index >= 15 is 0 Å². The van der Waals surface area contributed by atoms with Crippen LogP contribution in [0.15, 0.2) is 12.3 Å². The van der Waals surface area contributed by atoms with Crippen LogP contribution in [0.1, 0.15) is 39.0 Å². The molecule has 1 aliphatic rings. The summed E-state index contributed by atoms with van der Waals surface area (Å²) < 4.78 is 5.58. The molecule has 0 spiro atoms. The number of nitrogens with one attached hydrogen (secondary N) is 2. The molecule has 1 atom stereocenters. The monoisotopic (exact) mass is 264 g/mol. The second-order valence-corrected chi connectivity index (χ2v) is 4.92. The molecule has 0 aliphatic carbocycles. The molecular weight excluding hydrogens is 240 g/mol. The molecule has 5 heteroatoms. The SMILES string of the molecule is CCCCCNc1nccc(NCC2CCCO2)n1. The molecule has 0 aromatic carbocycles. The summed E-state index contributed by atoms with van der Waals surface area (Å²) in [5.41, 5.74) is 0. The van der Waals surface area contributed by atoms with Crippen molar-refractivity contribution in [2.45, 2.75) is 45.1 Å². The zero-order valence-corrected chi connectivity index (χ0v) is 11.7. The van der Waals surface area contributed by atoms with Crippen LogP contribution in [0.4, 0.5) is 11.8 Å². The fourth-order valence-electron chi connectivity index (χ4n) is 2.14. The average molecular weight is 264 g/mol. The van der Waals surface area contributed by atoms with Gasteiger partial charge in [0.05, 0.1) is 6.10 Å². The minimum absolute atomic E-state index is 0.330. The molecule has 1 saturated heterocycles. The molecule has 0 bridgehead atoms. The van der Waals surface area contributed by atoms with Gasteiger partial charge in [-0.2, -0.15) is 4.98 Å². The standard InChI is InChI=1S/C14H24N4O/c1-2-3-4-8-15-14-16-9-7-13(18-14)17-11-12-6-5-10-19-12/h7,9,12H,2-6,8,10-11H2,1H3,(H2,15,16,17,18).